The average Bonchev–Trinajstić information content (AvgIpc) is 2.76. The Morgan fingerprint density at radius 2 is 1.72 bits per heavy atom. The van der Waals surface area contributed by atoms with Crippen LogP contribution in [0.5, 0.6) is 0 Å². The zero-order valence-corrected chi connectivity index (χ0v) is 16.7. The van der Waals surface area contributed by atoms with E-state index in [0.29, 0.717) is 5.69 Å². The molecule has 2 amide bonds. The van der Waals surface area contributed by atoms with Gasteiger partial charge in [-0.15, -0.1) is 0 Å². The van der Waals surface area contributed by atoms with E-state index in [1.54, 1.807) is 6.92 Å². The molecule has 1 aliphatic carbocycles. The van der Waals surface area contributed by atoms with Crippen LogP contribution in [-0.2, 0) is 9.59 Å². The van der Waals surface area contributed by atoms with Crippen LogP contribution in [0.15, 0.2) is 48.5 Å². The van der Waals surface area contributed by atoms with Crippen LogP contribution in [0.4, 0.5) is 15.8 Å². The monoisotopic (exact) mass is 397 g/mol. The zero-order chi connectivity index (χ0) is 20.8. The first-order chi connectivity index (χ1) is 14.0. The number of benzene rings is 2. The van der Waals surface area contributed by atoms with Gasteiger partial charge in [-0.25, -0.2) is 4.39 Å². The molecule has 0 heterocycles. The van der Waals surface area contributed by atoms with Crippen LogP contribution in [-0.4, -0.2) is 11.8 Å². The number of carbonyl (C=O) groups is 2. The second-order valence-electron chi connectivity index (χ2n) is 7.73. The number of anilines is 2. The van der Waals surface area contributed by atoms with Crippen LogP contribution < -0.4 is 16.4 Å². The van der Waals surface area contributed by atoms with E-state index in [9.17, 15) is 14.0 Å². The Labute approximate surface area is 170 Å². The number of nitrogens with two attached hydrogens (primary N) is 1. The van der Waals surface area contributed by atoms with Crippen molar-refractivity contribution in [2.45, 2.75) is 45.1 Å². The number of halogens is 1. The van der Waals surface area contributed by atoms with Crippen molar-refractivity contribution >= 4 is 23.2 Å². The Morgan fingerprint density at radius 1 is 1.03 bits per heavy atom. The predicted molar refractivity (Wildman–Crippen MR) is 113 cm³/mol. The lowest BCUT2D eigenvalue weighted by molar-refractivity contribution is -0.121. The number of hydrogen-bond acceptors (Lipinski definition) is 3. The molecule has 1 fully saturated rings. The zero-order valence-electron chi connectivity index (χ0n) is 16.7. The molecule has 0 radical (unpaired) electrons. The molecule has 3 rings (SSSR count). The summed E-state index contributed by atoms with van der Waals surface area (Å²) >= 11 is 0. The van der Waals surface area contributed by atoms with Crippen molar-refractivity contribution in [3.05, 3.63) is 59.9 Å². The Balaban J connectivity index is 1.65. The Morgan fingerprint density at radius 3 is 2.41 bits per heavy atom. The third kappa shape index (κ3) is 5.41. The summed E-state index contributed by atoms with van der Waals surface area (Å²) in [6, 6.07) is 13.1. The molecule has 1 saturated carbocycles. The van der Waals surface area contributed by atoms with E-state index in [4.69, 9.17) is 5.73 Å². The summed E-state index contributed by atoms with van der Waals surface area (Å²) in [6.45, 7) is 1.75. The van der Waals surface area contributed by atoms with E-state index in [2.05, 4.69) is 10.6 Å². The van der Waals surface area contributed by atoms with Crippen molar-refractivity contribution in [1.29, 1.82) is 0 Å². The third-order valence-electron chi connectivity index (χ3n) is 5.60. The maximum atomic E-state index is 14.2. The van der Waals surface area contributed by atoms with Crippen molar-refractivity contribution in [2.75, 3.05) is 10.6 Å². The van der Waals surface area contributed by atoms with Crippen LogP contribution in [0.2, 0.25) is 0 Å². The van der Waals surface area contributed by atoms with Crippen molar-refractivity contribution in [3.8, 4) is 0 Å². The first kappa shape index (κ1) is 21.0. The number of amides is 2. The summed E-state index contributed by atoms with van der Waals surface area (Å²) in [5.41, 5.74) is 7.59. The minimum atomic E-state index is -0.527. The van der Waals surface area contributed by atoms with Gasteiger partial charge < -0.3 is 16.4 Å². The topological polar surface area (TPSA) is 84.2 Å². The maximum Gasteiger partial charge on any atom is 0.229 e. The third-order valence-corrected chi connectivity index (χ3v) is 5.60. The average molecular weight is 397 g/mol. The molecule has 0 aliphatic heterocycles. The Bertz CT molecular complexity index is 850. The van der Waals surface area contributed by atoms with Gasteiger partial charge in [-0.1, -0.05) is 56.5 Å². The summed E-state index contributed by atoms with van der Waals surface area (Å²) in [5, 5.41) is 5.46. The molecule has 0 aromatic heterocycles. The summed E-state index contributed by atoms with van der Waals surface area (Å²) in [7, 11) is 0. The number of nitrogens with one attached hydrogen (secondary N) is 2. The minimum Gasteiger partial charge on any atom is -0.326 e. The van der Waals surface area contributed by atoms with E-state index < -0.39 is 17.8 Å². The van der Waals surface area contributed by atoms with Crippen molar-refractivity contribution in [3.63, 3.8) is 0 Å². The van der Waals surface area contributed by atoms with Gasteiger partial charge in [0, 0.05) is 17.6 Å². The lowest BCUT2D eigenvalue weighted by atomic mass is 9.88. The van der Waals surface area contributed by atoms with Gasteiger partial charge in [-0.05, 0) is 36.6 Å². The molecule has 2 aromatic carbocycles. The first-order valence-corrected chi connectivity index (χ1v) is 10.2. The highest BCUT2D eigenvalue weighted by Crippen LogP contribution is 2.27. The fourth-order valence-corrected chi connectivity index (χ4v) is 3.68. The summed E-state index contributed by atoms with van der Waals surface area (Å²) < 4.78 is 14.2. The van der Waals surface area contributed by atoms with Gasteiger partial charge >= 0.3 is 0 Å². The van der Waals surface area contributed by atoms with Gasteiger partial charge in [0.1, 0.15) is 5.82 Å². The molecule has 6 heteroatoms. The van der Waals surface area contributed by atoms with Crippen LogP contribution >= 0.6 is 0 Å². The quantitative estimate of drug-likeness (QED) is 0.665. The molecule has 154 valence electrons. The van der Waals surface area contributed by atoms with E-state index in [1.165, 1.54) is 18.2 Å². The fraction of sp³-hybridized carbons (Fsp3) is 0.391. The van der Waals surface area contributed by atoms with Crippen LogP contribution in [0.25, 0.3) is 0 Å². The number of hydrogen-bond donors (Lipinski definition) is 3. The van der Waals surface area contributed by atoms with Crippen LogP contribution in [0.3, 0.4) is 0 Å². The van der Waals surface area contributed by atoms with Gasteiger partial charge in [0.2, 0.25) is 11.8 Å². The van der Waals surface area contributed by atoms with Gasteiger partial charge in [-0.3, -0.25) is 9.59 Å². The molecular weight excluding hydrogens is 369 g/mol. The minimum absolute atomic E-state index is 0.0784. The van der Waals surface area contributed by atoms with Crippen LogP contribution in [0.1, 0.15) is 50.6 Å². The van der Waals surface area contributed by atoms with E-state index >= 15 is 0 Å². The van der Waals surface area contributed by atoms with Gasteiger partial charge in [0.15, 0.2) is 0 Å². The molecule has 5 nitrogen and oxygen atoms in total. The molecule has 2 atom stereocenters. The number of rotatable bonds is 6. The largest absolute Gasteiger partial charge is 0.326 e. The van der Waals surface area contributed by atoms with E-state index in [1.807, 2.05) is 30.3 Å². The van der Waals surface area contributed by atoms with Gasteiger partial charge in [-0.2, -0.15) is 0 Å². The smallest absolute Gasteiger partial charge is 0.229 e. The molecule has 2 aromatic rings. The van der Waals surface area contributed by atoms with E-state index in [-0.39, 0.29) is 23.4 Å². The fourth-order valence-electron chi connectivity index (χ4n) is 3.68. The second kappa shape index (κ2) is 9.65. The second-order valence-corrected chi connectivity index (χ2v) is 7.73. The molecule has 0 saturated heterocycles. The Kier molecular flexibility index (Phi) is 6.99. The predicted octanol–water partition coefficient (Wildman–Crippen LogP) is 4.62. The molecule has 4 N–H and O–H groups in total. The highest BCUT2D eigenvalue weighted by Gasteiger charge is 2.24. The molecule has 0 bridgehead atoms. The summed E-state index contributed by atoms with van der Waals surface area (Å²) in [6.07, 6.45) is 4.85. The lowest BCUT2D eigenvalue weighted by Crippen LogP contribution is -2.30. The first-order valence-electron chi connectivity index (χ1n) is 10.2. The van der Waals surface area contributed by atoms with Crippen molar-refractivity contribution in [1.82, 2.24) is 0 Å². The number of carbonyl (C=O) groups excluding carboxylic acids is 2. The standard InChI is InChI=1S/C23H28FN3O2/c1-15(21(25)16-8-4-2-5-9-16)22(28)26-18-12-13-19(24)20(14-18)27-23(29)17-10-6-3-7-11-17/h2,4-5,8-9,12-15,17,21H,3,6-7,10-11,25H2,1H3,(H,26,28)(H,27,29). The molecule has 29 heavy (non-hydrogen) atoms. The van der Waals surface area contributed by atoms with Gasteiger partial charge in [0.25, 0.3) is 0 Å². The lowest BCUT2D eigenvalue weighted by Gasteiger charge is -2.21. The van der Waals surface area contributed by atoms with Gasteiger partial charge in [0.05, 0.1) is 11.6 Å². The van der Waals surface area contributed by atoms with Crippen molar-refractivity contribution < 1.29 is 14.0 Å². The molecule has 2 unspecified atom stereocenters. The van der Waals surface area contributed by atoms with Crippen LogP contribution in [0, 0.1) is 17.7 Å². The highest BCUT2D eigenvalue weighted by atomic mass is 19.1. The maximum absolute atomic E-state index is 14.2. The summed E-state index contributed by atoms with van der Waals surface area (Å²) in [4.78, 5) is 25.0. The molecular formula is C23H28FN3O2. The summed E-state index contributed by atoms with van der Waals surface area (Å²) in [5.74, 6) is -1.52. The normalized spacial score (nSPS) is 16.7. The van der Waals surface area contributed by atoms with Crippen molar-refractivity contribution in [2.24, 2.45) is 17.6 Å². The Hall–Kier alpha value is -2.73. The molecule has 0 spiro atoms. The van der Waals surface area contributed by atoms with E-state index in [0.717, 1.165) is 37.7 Å². The highest BCUT2D eigenvalue weighted by molar-refractivity contribution is 5.96. The SMILES string of the molecule is CC(C(=O)Nc1ccc(F)c(NC(=O)C2CCCCC2)c1)C(N)c1ccccc1. The molecule has 1 aliphatic rings.